The monoisotopic (exact) mass is 485 g/mol. The third-order valence-corrected chi connectivity index (χ3v) is 12.0. The molecule has 2 N–H and O–H groups in total. The van der Waals surface area contributed by atoms with Crippen LogP contribution in [0.15, 0.2) is 0 Å². The van der Waals surface area contributed by atoms with Gasteiger partial charge in [-0.3, -0.25) is 4.79 Å². The number of nitrogens with one attached hydrogen (secondary N) is 1. The molecule has 0 aromatic carbocycles. The largest absolute Gasteiger partial charge is 0.388 e. The fourth-order valence-electron chi connectivity index (χ4n) is 10.6. The highest BCUT2D eigenvalue weighted by Crippen LogP contribution is 2.53. The molecular weight excluding hydrogens is 434 g/mol. The maximum Gasteiger partial charge on any atom is 0.219 e. The SMILES string of the molecule is CC(=O)N1CCCC2C(CC3CCC4(O)C5CC6C(CC(C)CC6N(C)C5)CC4N3)CC(C)CC21. The van der Waals surface area contributed by atoms with E-state index in [0.717, 1.165) is 49.7 Å². The third-order valence-electron chi connectivity index (χ3n) is 12.0. The predicted octanol–water partition coefficient (Wildman–Crippen LogP) is 4.29. The fourth-order valence-corrected chi connectivity index (χ4v) is 10.6. The number of likely N-dealkylation sites (tertiary alicyclic amines) is 2. The van der Waals surface area contributed by atoms with Gasteiger partial charge in [0.1, 0.15) is 0 Å². The van der Waals surface area contributed by atoms with E-state index < -0.39 is 5.60 Å². The van der Waals surface area contributed by atoms with Crippen molar-refractivity contribution in [2.45, 2.75) is 121 Å². The lowest BCUT2D eigenvalue weighted by molar-refractivity contribution is -0.137. The van der Waals surface area contributed by atoms with Gasteiger partial charge in [0, 0.05) is 50.1 Å². The topological polar surface area (TPSA) is 55.8 Å². The summed E-state index contributed by atoms with van der Waals surface area (Å²) in [5, 5.41) is 16.3. The molecule has 0 aromatic heterocycles. The number of carbonyl (C=O) groups is 1. The Hall–Kier alpha value is -0.650. The zero-order chi connectivity index (χ0) is 24.5. The smallest absolute Gasteiger partial charge is 0.219 e. The van der Waals surface area contributed by atoms with E-state index in [9.17, 15) is 9.90 Å². The minimum Gasteiger partial charge on any atom is -0.388 e. The summed E-state index contributed by atoms with van der Waals surface area (Å²) < 4.78 is 0. The quantitative estimate of drug-likeness (QED) is 0.613. The minimum atomic E-state index is -0.533. The molecule has 12 atom stereocenters. The highest BCUT2D eigenvalue weighted by Gasteiger charge is 2.57. The van der Waals surface area contributed by atoms with Gasteiger partial charge in [0.2, 0.25) is 5.91 Å². The Morgan fingerprint density at radius 2 is 1.77 bits per heavy atom. The first kappa shape index (κ1) is 24.7. The van der Waals surface area contributed by atoms with E-state index in [1.165, 1.54) is 57.8 Å². The first-order valence-corrected chi connectivity index (χ1v) is 15.2. The van der Waals surface area contributed by atoms with Gasteiger partial charge in [0.15, 0.2) is 0 Å². The van der Waals surface area contributed by atoms with Crippen molar-refractivity contribution in [1.29, 1.82) is 0 Å². The van der Waals surface area contributed by atoms with Crippen LogP contribution in [0.4, 0.5) is 0 Å². The number of aliphatic hydroxyl groups is 1. The molecule has 6 rings (SSSR count). The number of nitrogens with zero attached hydrogens (tertiary/aromatic N) is 2. The molecule has 3 saturated heterocycles. The van der Waals surface area contributed by atoms with Gasteiger partial charge >= 0.3 is 0 Å². The summed E-state index contributed by atoms with van der Waals surface area (Å²) in [6.45, 7) is 8.68. The van der Waals surface area contributed by atoms with Gasteiger partial charge in [-0.15, -0.1) is 0 Å². The van der Waals surface area contributed by atoms with E-state index in [2.05, 4.69) is 36.0 Å². The Bertz CT molecular complexity index is 804. The van der Waals surface area contributed by atoms with Crippen molar-refractivity contribution in [3.63, 3.8) is 0 Å². The van der Waals surface area contributed by atoms with Gasteiger partial charge in [-0.2, -0.15) is 0 Å². The molecule has 6 aliphatic rings. The third kappa shape index (κ3) is 4.30. The molecule has 0 spiro atoms. The molecule has 1 amide bonds. The Morgan fingerprint density at radius 1 is 1.00 bits per heavy atom. The number of hydrogen-bond donors (Lipinski definition) is 2. The van der Waals surface area contributed by atoms with Crippen LogP contribution in [0.25, 0.3) is 0 Å². The van der Waals surface area contributed by atoms with Crippen LogP contribution in [0.2, 0.25) is 0 Å². The van der Waals surface area contributed by atoms with Crippen LogP contribution >= 0.6 is 0 Å². The second-order valence-electron chi connectivity index (χ2n) is 14.3. The van der Waals surface area contributed by atoms with Gasteiger partial charge in [0.25, 0.3) is 0 Å². The molecule has 3 saturated carbocycles. The number of hydrogen-bond acceptors (Lipinski definition) is 4. The Morgan fingerprint density at radius 3 is 2.57 bits per heavy atom. The molecule has 3 heterocycles. The second-order valence-corrected chi connectivity index (χ2v) is 14.3. The average molecular weight is 486 g/mol. The number of amides is 1. The zero-order valence-corrected chi connectivity index (χ0v) is 22.8. The van der Waals surface area contributed by atoms with E-state index in [1.807, 2.05) is 0 Å². The normalized spacial score (nSPS) is 52.3. The van der Waals surface area contributed by atoms with Crippen LogP contribution < -0.4 is 5.32 Å². The second kappa shape index (κ2) is 9.27. The van der Waals surface area contributed by atoms with E-state index in [1.54, 1.807) is 6.92 Å². The summed E-state index contributed by atoms with van der Waals surface area (Å²) >= 11 is 0. The summed E-state index contributed by atoms with van der Waals surface area (Å²) in [4.78, 5) is 17.2. The van der Waals surface area contributed by atoms with Gasteiger partial charge in [-0.1, -0.05) is 13.8 Å². The van der Waals surface area contributed by atoms with Crippen molar-refractivity contribution in [2.75, 3.05) is 20.1 Å². The van der Waals surface area contributed by atoms with Crippen molar-refractivity contribution in [3.8, 4) is 0 Å². The zero-order valence-electron chi connectivity index (χ0n) is 22.8. The molecule has 6 fully saturated rings. The Kier molecular flexibility index (Phi) is 6.54. The summed E-state index contributed by atoms with van der Waals surface area (Å²) in [6.07, 6.45) is 13.4. The van der Waals surface area contributed by atoms with Gasteiger partial charge in [0.05, 0.1) is 5.60 Å². The number of carbonyl (C=O) groups excluding carboxylic acids is 1. The highest BCUT2D eigenvalue weighted by molar-refractivity contribution is 5.73. The van der Waals surface area contributed by atoms with Crippen LogP contribution in [-0.4, -0.2) is 70.7 Å². The summed E-state index contributed by atoms with van der Waals surface area (Å²) in [5.41, 5.74) is -0.533. The first-order valence-electron chi connectivity index (χ1n) is 15.2. The average Bonchev–Trinajstić information content (AvgIpc) is 2.91. The molecule has 0 aromatic rings. The standard InChI is InChI=1S/C30H51N3O2/c1-18-11-22-15-29-30(35,23-16-26(22)27(12-18)32(4)17-23)8-7-24(31-29)14-21-10-19(2)13-28-25(21)6-5-9-33(28)20(3)34/h18-19,21-29,31,35H,5-17H2,1-4H3. The number of fused-ring (bicyclic) bond motifs is 4. The minimum absolute atomic E-state index is 0.260. The van der Waals surface area contributed by atoms with E-state index in [0.29, 0.717) is 35.8 Å². The van der Waals surface area contributed by atoms with Crippen LogP contribution in [-0.2, 0) is 4.79 Å². The van der Waals surface area contributed by atoms with Crippen LogP contribution in [0.5, 0.6) is 0 Å². The molecule has 198 valence electrons. The molecule has 12 unspecified atom stereocenters. The fraction of sp³-hybridized carbons (Fsp3) is 0.967. The highest BCUT2D eigenvalue weighted by atomic mass is 16.3. The van der Waals surface area contributed by atoms with Crippen molar-refractivity contribution >= 4 is 5.91 Å². The Balaban J connectivity index is 1.19. The van der Waals surface area contributed by atoms with Crippen LogP contribution in [0, 0.1) is 41.4 Å². The lowest BCUT2D eigenvalue weighted by atomic mass is 9.64. The lowest BCUT2D eigenvalue weighted by Gasteiger charge is -2.53. The molecule has 5 heteroatoms. The molecule has 35 heavy (non-hydrogen) atoms. The van der Waals surface area contributed by atoms with Crippen LogP contribution in [0.3, 0.4) is 0 Å². The lowest BCUT2D eigenvalue weighted by Crippen LogP contribution is -2.64. The van der Waals surface area contributed by atoms with Crippen molar-refractivity contribution in [2.24, 2.45) is 41.4 Å². The molecular formula is C30H51N3O2. The van der Waals surface area contributed by atoms with E-state index >= 15 is 0 Å². The molecule has 3 aliphatic heterocycles. The maximum absolute atomic E-state index is 12.4. The maximum atomic E-state index is 12.4. The molecule has 3 aliphatic carbocycles. The molecule has 2 bridgehead atoms. The van der Waals surface area contributed by atoms with Crippen LogP contribution in [0.1, 0.15) is 91.4 Å². The van der Waals surface area contributed by atoms with Gasteiger partial charge in [-0.05, 0) is 113 Å². The molecule has 5 nitrogen and oxygen atoms in total. The first-order chi connectivity index (χ1) is 16.7. The summed E-state index contributed by atoms with van der Waals surface area (Å²) in [5.74, 6) is 5.15. The number of rotatable bonds is 2. The summed E-state index contributed by atoms with van der Waals surface area (Å²) in [7, 11) is 2.33. The van der Waals surface area contributed by atoms with E-state index in [4.69, 9.17) is 0 Å². The van der Waals surface area contributed by atoms with E-state index in [-0.39, 0.29) is 11.9 Å². The number of piperidine rings is 3. The van der Waals surface area contributed by atoms with Crippen molar-refractivity contribution in [1.82, 2.24) is 15.1 Å². The van der Waals surface area contributed by atoms with Gasteiger partial charge < -0.3 is 20.2 Å². The Labute approximate surface area is 213 Å². The predicted molar refractivity (Wildman–Crippen MR) is 140 cm³/mol. The summed E-state index contributed by atoms with van der Waals surface area (Å²) in [6, 6.07) is 1.98. The van der Waals surface area contributed by atoms with Gasteiger partial charge in [-0.25, -0.2) is 0 Å². The van der Waals surface area contributed by atoms with Crippen molar-refractivity contribution < 1.29 is 9.90 Å². The molecule has 0 radical (unpaired) electrons. The van der Waals surface area contributed by atoms with Crippen molar-refractivity contribution in [3.05, 3.63) is 0 Å².